The maximum Gasteiger partial charge on any atom is 0.335 e. The van der Waals surface area contributed by atoms with Crippen molar-refractivity contribution in [3.8, 4) is 0 Å². The summed E-state index contributed by atoms with van der Waals surface area (Å²) in [6.45, 7) is 1.73. The van der Waals surface area contributed by atoms with Crippen LogP contribution in [0.25, 0.3) is 6.08 Å². The number of nitrogens with zero attached hydrogens (tertiary/aromatic N) is 1. The number of carbonyl (C=O) groups is 4. The van der Waals surface area contributed by atoms with Crippen LogP contribution in [0.2, 0.25) is 0 Å². The molecular weight excluding hydrogens is 584 g/mol. The monoisotopic (exact) mass is 610 g/mol. The van der Waals surface area contributed by atoms with Crippen molar-refractivity contribution < 1.29 is 29.2 Å². The zero-order valence-corrected chi connectivity index (χ0v) is 24.0. The van der Waals surface area contributed by atoms with Gasteiger partial charge in [-0.2, -0.15) is 0 Å². The molecule has 4 N–H and O–H groups in total. The Bertz CT molecular complexity index is 1710. The highest BCUT2D eigenvalue weighted by Gasteiger charge is 2.17. The number of benzene rings is 4. The first-order chi connectivity index (χ1) is 21.1. The van der Waals surface area contributed by atoms with Crippen LogP contribution in [0, 0.1) is 10.1 Å². The van der Waals surface area contributed by atoms with E-state index in [0.717, 1.165) is 4.90 Å². The van der Waals surface area contributed by atoms with E-state index in [9.17, 15) is 29.3 Å². The molecule has 0 aliphatic rings. The molecule has 0 spiro atoms. The minimum Gasteiger partial charge on any atom is -0.478 e. The van der Waals surface area contributed by atoms with Gasteiger partial charge in [0.05, 0.1) is 15.7 Å². The molecule has 1 unspecified atom stereocenters. The van der Waals surface area contributed by atoms with Gasteiger partial charge in [0.1, 0.15) is 5.70 Å². The topological polar surface area (TPSA) is 168 Å². The number of non-ortho nitro benzene ring substituents is 1. The van der Waals surface area contributed by atoms with E-state index in [0.29, 0.717) is 22.5 Å². The van der Waals surface area contributed by atoms with Crippen LogP contribution in [0.15, 0.2) is 114 Å². The lowest BCUT2D eigenvalue weighted by molar-refractivity contribution is -0.384. The van der Waals surface area contributed by atoms with Gasteiger partial charge in [0.15, 0.2) is 0 Å². The van der Waals surface area contributed by atoms with Gasteiger partial charge in [0, 0.05) is 34.0 Å². The Morgan fingerprint density at radius 1 is 0.795 bits per heavy atom. The third-order valence-corrected chi connectivity index (χ3v) is 7.25. The summed E-state index contributed by atoms with van der Waals surface area (Å²) in [5.74, 6) is -2.45. The van der Waals surface area contributed by atoms with E-state index in [-0.39, 0.29) is 22.9 Å². The Hall–Kier alpha value is -5.75. The van der Waals surface area contributed by atoms with Crippen molar-refractivity contribution in [3.05, 3.63) is 136 Å². The van der Waals surface area contributed by atoms with E-state index in [4.69, 9.17) is 5.11 Å². The largest absolute Gasteiger partial charge is 0.478 e. The molecule has 0 saturated heterocycles. The molecule has 222 valence electrons. The highest BCUT2D eigenvalue weighted by molar-refractivity contribution is 8.00. The Morgan fingerprint density at radius 3 is 1.98 bits per heavy atom. The second kappa shape index (κ2) is 14.4. The van der Waals surface area contributed by atoms with E-state index >= 15 is 0 Å². The van der Waals surface area contributed by atoms with Gasteiger partial charge in [-0.05, 0) is 91.4 Å². The average Bonchev–Trinajstić information content (AvgIpc) is 3.02. The van der Waals surface area contributed by atoms with Crippen LogP contribution in [0.3, 0.4) is 0 Å². The first-order valence-corrected chi connectivity index (χ1v) is 14.0. The summed E-state index contributed by atoms with van der Waals surface area (Å²) in [6, 6.07) is 26.5. The fourth-order valence-corrected chi connectivity index (χ4v) is 4.68. The van der Waals surface area contributed by atoms with Crippen molar-refractivity contribution in [2.24, 2.45) is 0 Å². The number of carbonyl (C=O) groups excluding carboxylic acids is 3. The van der Waals surface area contributed by atoms with Crippen LogP contribution in [0.4, 0.5) is 17.1 Å². The summed E-state index contributed by atoms with van der Waals surface area (Å²) in [6.07, 6.45) is 1.42. The number of rotatable bonds is 11. The van der Waals surface area contributed by atoms with Crippen molar-refractivity contribution in [3.63, 3.8) is 0 Å². The van der Waals surface area contributed by atoms with Crippen molar-refractivity contribution in [1.82, 2.24) is 5.32 Å². The van der Waals surface area contributed by atoms with Crippen LogP contribution in [0.1, 0.15) is 33.2 Å². The Labute approximate surface area is 256 Å². The summed E-state index contributed by atoms with van der Waals surface area (Å²) in [5, 5.41) is 27.6. The van der Waals surface area contributed by atoms with Gasteiger partial charge in [-0.25, -0.2) is 4.79 Å². The van der Waals surface area contributed by atoms with E-state index in [1.54, 1.807) is 61.5 Å². The summed E-state index contributed by atoms with van der Waals surface area (Å²) < 4.78 is 0. The van der Waals surface area contributed by atoms with Crippen molar-refractivity contribution in [1.29, 1.82) is 0 Å². The molecule has 0 aromatic heterocycles. The molecule has 0 aliphatic heterocycles. The molecule has 12 heteroatoms. The molecule has 11 nitrogen and oxygen atoms in total. The number of hydrogen-bond acceptors (Lipinski definition) is 7. The minimum atomic E-state index is -1.06. The standard InChI is InChI=1S/C32H26N4O7S/c1-20(29(37)33-24-11-9-23(10-12-24)32(40)41)44-27-17-13-25(14-18-27)34-31(39)28(35-30(38)22-5-3-2-4-6-22)19-21-7-15-26(16-8-21)36(42)43/h2-20H,1H3,(H,33,37)(H,34,39)(H,35,38)(H,40,41)/b28-19-. The average molecular weight is 611 g/mol. The number of nitro groups is 1. The quantitative estimate of drug-likeness (QED) is 0.0713. The number of amides is 3. The zero-order chi connectivity index (χ0) is 31.6. The number of anilines is 2. The Balaban J connectivity index is 1.43. The molecule has 0 saturated carbocycles. The molecule has 0 fully saturated rings. The van der Waals surface area contributed by atoms with Crippen LogP contribution in [0.5, 0.6) is 0 Å². The molecule has 4 aromatic rings. The molecule has 0 radical (unpaired) electrons. The number of thioether (sulfide) groups is 1. The van der Waals surface area contributed by atoms with Gasteiger partial charge in [0.25, 0.3) is 17.5 Å². The van der Waals surface area contributed by atoms with E-state index in [1.165, 1.54) is 66.4 Å². The summed E-state index contributed by atoms with van der Waals surface area (Å²) in [7, 11) is 0. The fourth-order valence-electron chi connectivity index (χ4n) is 3.81. The summed E-state index contributed by atoms with van der Waals surface area (Å²) in [4.78, 5) is 60.9. The molecule has 3 amide bonds. The zero-order valence-electron chi connectivity index (χ0n) is 23.2. The molecular formula is C32H26N4O7S. The third kappa shape index (κ3) is 8.63. The van der Waals surface area contributed by atoms with Gasteiger partial charge in [-0.3, -0.25) is 24.5 Å². The first-order valence-electron chi connectivity index (χ1n) is 13.1. The van der Waals surface area contributed by atoms with Crippen LogP contribution >= 0.6 is 11.8 Å². The lowest BCUT2D eigenvalue weighted by atomic mass is 10.1. The normalized spacial score (nSPS) is 11.6. The second-order valence-electron chi connectivity index (χ2n) is 9.34. The van der Waals surface area contributed by atoms with Crippen LogP contribution in [-0.2, 0) is 9.59 Å². The van der Waals surface area contributed by atoms with E-state index < -0.39 is 28.0 Å². The fraction of sp³-hybridized carbons (Fsp3) is 0.0625. The van der Waals surface area contributed by atoms with Gasteiger partial charge in [-0.15, -0.1) is 11.8 Å². The SMILES string of the molecule is CC(Sc1ccc(NC(=O)/C(=C/c2ccc([N+](=O)[O-])cc2)NC(=O)c2ccccc2)cc1)C(=O)Nc1ccc(C(=O)O)cc1. The predicted molar refractivity (Wildman–Crippen MR) is 167 cm³/mol. The minimum absolute atomic E-state index is 0.0761. The highest BCUT2D eigenvalue weighted by atomic mass is 32.2. The number of carboxylic acid groups (broad SMARTS) is 1. The van der Waals surface area contributed by atoms with Crippen LogP contribution < -0.4 is 16.0 Å². The highest BCUT2D eigenvalue weighted by Crippen LogP contribution is 2.26. The first kappa shape index (κ1) is 31.2. The van der Waals surface area contributed by atoms with Gasteiger partial charge in [0.2, 0.25) is 5.91 Å². The number of nitrogens with one attached hydrogen (secondary N) is 3. The van der Waals surface area contributed by atoms with Gasteiger partial charge >= 0.3 is 5.97 Å². The molecule has 0 aliphatic carbocycles. The smallest absolute Gasteiger partial charge is 0.335 e. The lowest BCUT2D eigenvalue weighted by Crippen LogP contribution is -2.30. The van der Waals surface area contributed by atoms with E-state index in [1.807, 2.05) is 0 Å². The molecule has 0 heterocycles. The molecule has 4 rings (SSSR count). The maximum atomic E-state index is 13.2. The molecule has 1 atom stereocenters. The number of carboxylic acids is 1. The number of hydrogen-bond donors (Lipinski definition) is 4. The third-order valence-electron chi connectivity index (χ3n) is 6.14. The van der Waals surface area contributed by atoms with Gasteiger partial charge < -0.3 is 21.1 Å². The number of nitro benzene ring substituents is 1. The molecule has 0 bridgehead atoms. The Morgan fingerprint density at radius 2 is 1.39 bits per heavy atom. The van der Waals surface area contributed by atoms with Crippen LogP contribution in [-0.4, -0.2) is 39.0 Å². The number of aromatic carboxylic acids is 1. The van der Waals surface area contributed by atoms with E-state index in [2.05, 4.69) is 16.0 Å². The predicted octanol–water partition coefficient (Wildman–Crippen LogP) is 5.82. The van der Waals surface area contributed by atoms with Crippen molar-refractivity contribution in [2.75, 3.05) is 10.6 Å². The maximum absolute atomic E-state index is 13.2. The summed E-state index contributed by atoms with van der Waals surface area (Å²) in [5.41, 5.74) is 1.64. The molecule has 4 aromatic carbocycles. The molecule has 44 heavy (non-hydrogen) atoms. The Kier molecular flexibility index (Phi) is 10.2. The van der Waals surface area contributed by atoms with Gasteiger partial charge in [-0.1, -0.05) is 18.2 Å². The summed E-state index contributed by atoms with van der Waals surface area (Å²) >= 11 is 1.29. The van der Waals surface area contributed by atoms with Crippen molar-refractivity contribution in [2.45, 2.75) is 17.1 Å². The second-order valence-corrected chi connectivity index (χ2v) is 10.8. The lowest BCUT2D eigenvalue weighted by Gasteiger charge is -2.14. The van der Waals surface area contributed by atoms with Crippen molar-refractivity contribution >= 4 is 58.6 Å².